The molecule has 0 saturated carbocycles. The average molecular weight is 208 g/mol. The molecule has 0 N–H and O–H groups in total. The van der Waals surface area contributed by atoms with Gasteiger partial charge in [-0.3, -0.25) is 9.36 Å². The molecular formula is C10H14N3O2. The summed E-state index contributed by atoms with van der Waals surface area (Å²) in [5.74, 6) is 0.702. The number of rotatable bonds is 2. The molecule has 81 valence electrons. The fourth-order valence-corrected chi connectivity index (χ4v) is 1.56. The molecule has 0 spiro atoms. The zero-order chi connectivity index (χ0) is 10.7. The van der Waals surface area contributed by atoms with Gasteiger partial charge in [0.25, 0.3) is 5.56 Å². The normalized spacial score (nSPS) is 16.7. The maximum atomic E-state index is 11.5. The van der Waals surface area contributed by atoms with Gasteiger partial charge in [-0.2, -0.15) is 0 Å². The van der Waals surface area contributed by atoms with E-state index in [9.17, 15) is 4.79 Å². The van der Waals surface area contributed by atoms with Crippen LogP contribution in [0.2, 0.25) is 0 Å². The van der Waals surface area contributed by atoms with E-state index in [1.165, 1.54) is 4.57 Å². The zero-order valence-electron chi connectivity index (χ0n) is 8.77. The molecule has 0 unspecified atom stereocenters. The number of nitrogens with zero attached hydrogens (tertiary/aromatic N) is 3. The van der Waals surface area contributed by atoms with Crippen molar-refractivity contribution in [3.8, 4) is 0 Å². The summed E-state index contributed by atoms with van der Waals surface area (Å²) in [6.07, 6.45) is 2.72. The maximum Gasteiger partial charge on any atom is 0.255 e. The fourth-order valence-electron chi connectivity index (χ4n) is 1.56. The standard InChI is InChI=1S/C10H14N3O2/c1-2-12-8-11-9(7-10(12)14)13-3-5-15-6-4-13/h7H,2-6H2,1H3. The average Bonchev–Trinajstić information content (AvgIpc) is 2.30. The van der Waals surface area contributed by atoms with Crippen LogP contribution >= 0.6 is 0 Å². The van der Waals surface area contributed by atoms with Crippen LogP contribution in [-0.2, 0) is 11.3 Å². The van der Waals surface area contributed by atoms with Gasteiger partial charge in [-0.05, 0) is 6.92 Å². The summed E-state index contributed by atoms with van der Waals surface area (Å²) in [5.41, 5.74) is -0.0472. The Morgan fingerprint density at radius 2 is 2.27 bits per heavy atom. The van der Waals surface area contributed by atoms with E-state index in [1.807, 2.05) is 11.8 Å². The predicted molar refractivity (Wildman–Crippen MR) is 56.0 cm³/mol. The Morgan fingerprint density at radius 3 is 2.87 bits per heavy atom. The molecule has 0 aromatic carbocycles. The first-order chi connectivity index (χ1) is 7.31. The van der Waals surface area contributed by atoms with Gasteiger partial charge in [0.05, 0.1) is 13.2 Å². The Morgan fingerprint density at radius 1 is 1.53 bits per heavy atom. The highest BCUT2D eigenvalue weighted by molar-refractivity contribution is 5.36. The highest BCUT2D eigenvalue weighted by Crippen LogP contribution is 2.08. The summed E-state index contributed by atoms with van der Waals surface area (Å²) in [6, 6.07) is 1.56. The first-order valence-corrected chi connectivity index (χ1v) is 5.13. The molecule has 2 rings (SSSR count). The van der Waals surface area contributed by atoms with Crippen LogP contribution in [0.15, 0.2) is 10.9 Å². The Bertz CT molecular complexity index is 382. The third-order valence-corrected chi connectivity index (χ3v) is 2.46. The second kappa shape index (κ2) is 4.44. The molecule has 1 aliphatic heterocycles. The van der Waals surface area contributed by atoms with Crippen LogP contribution in [0.1, 0.15) is 6.92 Å². The van der Waals surface area contributed by atoms with Crippen molar-refractivity contribution in [1.29, 1.82) is 0 Å². The molecule has 1 radical (unpaired) electrons. The van der Waals surface area contributed by atoms with Gasteiger partial charge in [0.15, 0.2) is 6.33 Å². The van der Waals surface area contributed by atoms with E-state index in [-0.39, 0.29) is 5.56 Å². The topological polar surface area (TPSA) is 47.4 Å². The lowest BCUT2D eigenvalue weighted by Crippen LogP contribution is -2.37. The molecule has 5 heteroatoms. The van der Waals surface area contributed by atoms with Crippen LogP contribution in [0.5, 0.6) is 0 Å². The van der Waals surface area contributed by atoms with Crippen LogP contribution in [0.4, 0.5) is 5.82 Å². The number of morpholine rings is 1. The smallest absolute Gasteiger partial charge is 0.255 e. The van der Waals surface area contributed by atoms with Crippen LogP contribution in [0, 0.1) is 6.33 Å². The first-order valence-electron chi connectivity index (χ1n) is 5.13. The Balaban J connectivity index is 2.21. The molecule has 1 saturated heterocycles. The van der Waals surface area contributed by atoms with E-state index in [0.717, 1.165) is 13.1 Å². The van der Waals surface area contributed by atoms with Gasteiger partial charge in [-0.25, -0.2) is 4.98 Å². The maximum absolute atomic E-state index is 11.5. The molecule has 0 atom stereocenters. The van der Waals surface area contributed by atoms with Crippen molar-refractivity contribution in [3.05, 3.63) is 22.7 Å². The van der Waals surface area contributed by atoms with Gasteiger partial charge in [-0.1, -0.05) is 0 Å². The predicted octanol–water partition coefficient (Wildman–Crippen LogP) is -0.100. The van der Waals surface area contributed by atoms with E-state index in [4.69, 9.17) is 4.74 Å². The number of ether oxygens (including phenoxy) is 1. The van der Waals surface area contributed by atoms with Crippen molar-refractivity contribution in [2.24, 2.45) is 0 Å². The van der Waals surface area contributed by atoms with E-state index in [0.29, 0.717) is 25.6 Å². The third-order valence-electron chi connectivity index (χ3n) is 2.46. The molecule has 0 amide bonds. The quantitative estimate of drug-likeness (QED) is 0.681. The highest BCUT2D eigenvalue weighted by Gasteiger charge is 2.13. The molecule has 15 heavy (non-hydrogen) atoms. The number of anilines is 1. The zero-order valence-corrected chi connectivity index (χ0v) is 8.77. The van der Waals surface area contributed by atoms with Crippen molar-refractivity contribution in [2.45, 2.75) is 13.5 Å². The number of hydrogen-bond donors (Lipinski definition) is 0. The van der Waals surface area contributed by atoms with E-state index in [2.05, 4.69) is 11.3 Å². The third kappa shape index (κ3) is 2.18. The van der Waals surface area contributed by atoms with Crippen molar-refractivity contribution >= 4 is 5.82 Å². The molecule has 0 aliphatic carbocycles. The number of hydrogen-bond acceptors (Lipinski definition) is 4. The molecular weight excluding hydrogens is 194 g/mol. The summed E-state index contributed by atoms with van der Waals surface area (Å²) in [4.78, 5) is 17.7. The second-order valence-corrected chi connectivity index (χ2v) is 3.40. The lowest BCUT2D eigenvalue weighted by Gasteiger charge is -2.27. The summed E-state index contributed by atoms with van der Waals surface area (Å²) in [7, 11) is 0. The van der Waals surface area contributed by atoms with Gasteiger partial charge >= 0.3 is 0 Å². The van der Waals surface area contributed by atoms with E-state index < -0.39 is 0 Å². The molecule has 1 aromatic rings. The van der Waals surface area contributed by atoms with Gasteiger partial charge in [-0.15, -0.1) is 0 Å². The van der Waals surface area contributed by atoms with Crippen molar-refractivity contribution < 1.29 is 4.74 Å². The van der Waals surface area contributed by atoms with Crippen LogP contribution in [0.25, 0.3) is 0 Å². The molecule has 1 aromatic heterocycles. The molecule has 1 aliphatic rings. The van der Waals surface area contributed by atoms with Crippen LogP contribution in [0.3, 0.4) is 0 Å². The fraction of sp³-hybridized carbons (Fsp3) is 0.600. The lowest BCUT2D eigenvalue weighted by molar-refractivity contribution is 0.122. The highest BCUT2D eigenvalue weighted by atomic mass is 16.5. The molecule has 5 nitrogen and oxygen atoms in total. The first kappa shape index (κ1) is 10.2. The van der Waals surface area contributed by atoms with Crippen LogP contribution < -0.4 is 10.5 Å². The number of aryl methyl sites for hydroxylation is 1. The second-order valence-electron chi connectivity index (χ2n) is 3.40. The monoisotopic (exact) mass is 208 g/mol. The van der Waals surface area contributed by atoms with Crippen molar-refractivity contribution in [2.75, 3.05) is 31.2 Å². The van der Waals surface area contributed by atoms with Gasteiger partial charge in [0.1, 0.15) is 5.82 Å². The van der Waals surface area contributed by atoms with Crippen molar-refractivity contribution in [3.63, 3.8) is 0 Å². The summed E-state index contributed by atoms with van der Waals surface area (Å²) >= 11 is 0. The number of aromatic nitrogens is 2. The van der Waals surface area contributed by atoms with Crippen molar-refractivity contribution in [1.82, 2.24) is 9.55 Å². The summed E-state index contributed by atoms with van der Waals surface area (Å²) < 4.78 is 6.70. The van der Waals surface area contributed by atoms with Gasteiger partial charge < -0.3 is 9.64 Å². The molecule has 0 bridgehead atoms. The Labute approximate surface area is 88.3 Å². The summed E-state index contributed by atoms with van der Waals surface area (Å²) in [6.45, 7) is 5.47. The van der Waals surface area contributed by atoms with Gasteiger partial charge in [0.2, 0.25) is 0 Å². The Kier molecular flexibility index (Phi) is 3.01. The minimum atomic E-state index is -0.0472. The van der Waals surface area contributed by atoms with E-state index in [1.54, 1.807) is 6.07 Å². The minimum absolute atomic E-state index is 0.0472. The lowest BCUT2D eigenvalue weighted by atomic mass is 10.4. The molecule has 2 heterocycles. The minimum Gasteiger partial charge on any atom is -0.378 e. The largest absolute Gasteiger partial charge is 0.378 e. The summed E-state index contributed by atoms with van der Waals surface area (Å²) in [5, 5.41) is 0. The SMILES string of the molecule is CCn1[c]nc(N2CCOCC2)cc1=O. The van der Waals surface area contributed by atoms with Crippen LogP contribution in [-0.4, -0.2) is 35.9 Å². The molecule has 1 fully saturated rings. The van der Waals surface area contributed by atoms with Gasteiger partial charge in [0, 0.05) is 25.7 Å². The Hall–Kier alpha value is -1.36. The van der Waals surface area contributed by atoms with E-state index >= 15 is 0 Å².